The lowest BCUT2D eigenvalue weighted by Crippen LogP contribution is -1.98. The number of fused-ring (bicyclic) bond motifs is 1. The van der Waals surface area contributed by atoms with Gasteiger partial charge in [0, 0.05) is 0 Å². The number of ether oxygens (including phenoxy) is 1. The fourth-order valence-electron chi connectivity index (χ4n) is 1.77. The third-order valence-corrected chi connectivity index (χ3v) is 2.94. The Hall–Kier alpha value is -2.33. The fourth-order valence-corrected chi connectivity index (χ4v) is 1.95. The van der Waals surface area contributed by atoms with Crippen molar-refractivity contribution in [3.05, 3.63) is 53.6 Å². The van der Waals surface area contributed by atoms with E-state index in [9.17, 15) is 0 Å². The molecule has 0 aliphatic rings. The van der Waals surface area contributed by atoms with E-state index < -0.39 is 0 Å². The van der Waals surface area contributed by atoms with E-state index in [1.165, 1.54) is 0 Å². The molecule has 0 aliphatic heterocycles. The number of para-hydroxylation sites is 2. The van der Waals surface area contributed by atoms with Gasteiger partial charge in [0.1, 0.15) is 5.75 Å². The number of nitrogens with zero attached hydrogens (tertiary/aromatic N) is 2. The van der Waals surface area contributed by atoms with Gasteiger partial charge in [-0.25, -0.2) is 4.98 Å². The summed E-state index contributed by atoms with van der Waals surface area (Å²) in [4.78, 5) is 8.28. The van der Waals surface area contributed by atoms with E-state index in [1.807, 2.05) is 36.4 Å². The first kappa shape index (κ1) is 11.7. The first-order valence-electron chi connectivity index (χ1n) is 5.69. The Balaban J connectivity index is 2.13. The van der Waals surface area contributed by atoms with Crippen molar-refractivity contribution in [1.82, 2.24) is 9.97 Å². The van der Waals surface area contributed by atoms with Crippen LogP contribution in [0.15, 0.2) is 48.5 Å². The summed E-state index contributed by atoms with van der Waals surface area (Å²) in [6, 6.07) is 14.7. The molecule has 0 aliphatic carbocycles. The lowest BCUT2D eigenvalue weighted by molar-refractivity contribution is 0.469. The molecule has 3 rings (SSSR count). The highest BCUT2D eigenvalue weighted by atomic mass is 35.5. The summed E-state index contributed by atoms with van der Waals surface area (Å²) in [5.74, 6) is 1.10. The van der Waals surface area contributed by atoms with Crippen molar-refractivity contribution in [1.29, 1.82) is 0 Å². The summed E-state index contributed by atoms with van der Waals surface area (Å²) < 4.78 is 5.74. The average molecular weight is 272 g/mol. The van der Waals surface area contributed by atoms with E-state index in [0.29, 0.717) is 16.7 Å². The van der Waals surface area contributed by atoms with E-state index in [2.05, 4.69) is 9.97 Å². The molecule has 5 heteroatoms. The molecule has 0 atom stereocenters. The van der Waals surface area contributed by atoms with Crippen molar-refractivity contribution >= 4 is 28.5 Å². The molecule has 3 aromatic rings. The SMILES string of the molecule is Nc1nc(Oc2ccccc2Cl)c2ccccc2n1. The van der Waals surface area contributed by atoms with Gasteiger partial charge >= 0.3 is 0 Å². The van der Waals surface area contributed by atoms with Crippen LogP contribution in [0.4, 0.5) is 5.95 Å². The molecule has 1 aromatic heterocycles. The molecule has 0 spiro atoms. The lowest BCUT2D eigenvalue weighted by Gasteiger charge is -2.09. The van der Waals surface area contributed by atoms with Crippen LogP contribution >= 0.6 is 11.6 Å². The number of rotatable bonds is 2. The van der Waals surface area contributed by atoms with Gasteiger partial charge in [-0.1, -0.05) is 35.9 Å². The van der Waals surface area contributed by atoms with Gasteiger partial charge in [0.05, 0.1) is 15.9 Å². The summed E-state index contributed by atoms with van der Waals surface area (Å²) in [6.45, 7) is 0. The Labute approximate surface area is 114 Å². The van der Waals surface area contributed by atoms with Crippen LogP contribution in [0, 0.1) is 0 Å². The monoisotopic (exact) mass is 271 g/mol. The van der Waals surface area contributed by atoms with Crippen LogP contribution < -0.4 is 10.5 Å². The summed E-state index contributed by atoms with van der Waals surface area (Å²) >= 11 is 6.07. The van der Waals surface area contributed by atoms with Gasteiger partial charge in [-0.05, 0) is 24.3 Å². The standard InChI is InChI=1S/C14H10ClN3O/c15-10-6-2-4-8-12(10)19-13-9-5-1-3-7-11(9)17-14(16)18-13/h1-8H,(H2,16,17,18). The molecule has 19 heavy (non-hydrogen) atoms. The number of benzene rings is 2. The quantitative estimate of drug-likeness (QED) is 0.773. The molecular weight excluding hydrogens is 262 g/mol. The maximum Gasteiger partial charge on any atom is 0.232 e. The summed E-state index contributed by atoms with van der Waals surface area (Å²) in [5, 5.41) is 1.31. The topological polar surface area (TPSA) is 61.0 Å². The van der Waals surface area contributed by atoms with Gasteiger partial charge in [-0.2, -0.15) is 4.98 Å². The Morgan fingerprint density at radius 1 is 0.947 bits per heavy atom. The van der Waals surface area contributed by atoms with Crippen molar-refractivity contribution in [3.8, 4) is 11.6 Å². The molecule has 2 N–H and O–H groups in total. The first-order valence-corrected chi connectivity index (χ1v) is 6.06. The second kappa shape index (κ2) is 4.74. The van der Waals surface area contributed by atoms with Crippen molar-refractivity contribution in [3.63, 3.8) is 0 Å². The average Bonchev–Trinajstić information content (AvgIpc) is 2.41. The van der Waals surface area contributed by atoms with Gasteiger partial charge < -0.3 is 10.5 Å². The largest absolute Gasteiger partial charge is 0.437 e. The molecule has 2 aromatic carbocycles. The Morgan fingerprint density at radius 3 is 2.53 bits per heavy atom. The maximum atomic E-state index is 6.07. The third-order valence-electron chi connectivity index (χ3n) is 2.63. The van der Waals surface area contributed by atoms with E-state index in [0.717, 1.165) is 10.9 Å². The van der Waals surface area contributed by atoms with E-state index in [4.69, 9.17) is 22.1 Å². The van der Waals surface area contributed by atoms with E-state index in [-0.39, 0.29) is 5.95 Å². The van der Waals surface area contributed by atoms with Crippen molar-refractivity contribution in [2.75, 3.05) is 5.73 Å². The van der Waals surface area contributed by atoms with Gasteiger partial charge in [0.2, 0.25) is 11.8 Å². The second-order valence-corrected chi connectivity index (χ2v) is 4.34. The minimum atomic E-state index is 0.167. The Morgan fingerprint density at radius 2 is 1.68 bits per heavy atom. The molecule has 0 saturated carbocycles. The first-order chi connectivity index (χ1) is 9.24. The zero-order valence-electron chi connectivity index (χ0n) is 9.88. The molecule has 4 nitrogen and oxygen atoms in total. The van der Waals surface area contributed by atoms with Gasteiger partial charge in [0.25, 0.3) is 0 Å². The van der Waals surface area contributed by atoms with E-state index in [1.54, 1.807) is 12.1 Å². The molecule has 1 heterocycles. The van der Waals surface area contributed by atoms with Crippen LogP contribution in [0.1, 0.15) is 0 Å². The number of nitrogen functional groups attached to an aromatic ring is 1. The molecule has 0 saturated heterocycles. The number of hydrogen-bond donors (Lipinski definition) is 1. The van der Waals surface area contributed by atoms with Crippen molar-refractivity contribution in [2.24, 2.45) is 0 Å². The summed E-state index contributed by atoms with van der Waals surface area (Å²) in [5.41, 5.74) is 6.41. The Bertz CT molecular complexity index is 746. The molecule has 0 bridgehead atoms. The summed E-state index contributed by atoms with van der Waals surface area (Å²) in [7, 11) is 0. The molecule has 0 unspecified atom stereocenters. The third kappa shape index (κ3) is 2.30. The zero-order chi connectivity index (χ0) is 13.2. The van der Waals surface area contributed by atoms with Crippen LogP contribution in [0.3, 0.4) is 0 Å². The Kier molecular flexibility index (Phi) is 2.93. The second-order valence-electron chi connectivity index (χ2n) is 3.94. The molecule has 94 valence electrons. The fraction of sp³-hybridized carbons (Fsp3) is 0. The normalized spacial score (nSPS) is 10.6. The molecule has 0 amide bonds. The molecular formula is C14H10ClN3O. The minimum absolute atomic E-state index is 0.167. The summed E-state index contributed by atoms with van der Waals surface area (Å²) in [6.07, 6.45) is 0. The van der Waals surface area contributed by atoms with Gasteiger partial charge in [-0.3, -0.25) is 0 Å². The number of anilines is 1. The number of nitrogens with two attached hydrogens (primary N) is 1. The van der Waals surface area contributed by atoms with Crippen LogP contribution in [0.5, 0.6) is 11.6 Å². The van der Waals surface area contributed by atoms with E-state index >= 15 is 0 Å². The van der Waals surface area contributed by atoms with Crippen LogP contribution in [-0.2, 0) is 0 Å². The number of aromatic nitrogens is 2. The zero-order valence-corrected chi connectivity index (χ0v) is 10.6. The van der Waals surface area contributed by atoms with Crippen molar-refractivity contribution in [2.45, 2.75) is 0 Å². The number of halogens is 1. The predicted molar refractivity (Wildman–Crippen MR) is 75.5 cm³/mol. The minimum Gasteiger partial charge on any atom is -0.437 e. The van der Waals surface area contributed by atoms with Crippen LogP contribution in [0.25, 0.3) is 10.9 Å². The van der Waals surface area contributed by atoms with Crippen molar-refractivity contribution < 1.29 is 4.74 Å². The highest BCUT2D eigenvalue weighted by molar-refractivity contribution is 6.32. The highest BCUT2D eigenvalue weighted by Gasteiger charge is 2.09. The highest BCUT2D eigenvalue weighted by Crippen LogP contribution is 2.31. The smallest absolute Gasteiger partial charge is 0.232 e. The lowest BCUT2D eigenvalue weighted by atomic mass is 10.2. The van der Waals surface area contributed by atoms with Gasteiger partial charge in [0.15, 0.2) is 0 Å². The van der Waals surface area contributed by atoms with Gasteiger partial charge in [-0.15, -0.1) is 0 Å². The predicted octanol–water partition coefficient (Wildman–Crippen LogP) is 3.66. The van der Waals surface area contributed by atoms with Crippen LogP contribution in [-0.4, -0.2) is 9.97 Å². The van der Waals surface area contributed by atoms with Crippen LogP contribution in [0.2, 0.25) is 5.02 Å². The molecule has 0 radical (unpaired) electrons. The number of hydrogen-bond acceptors (Lipinski definition) is 4. The maximum absolute atomic E-state index is 6.07. The molecule has 0 fully saturated rings.